The van der Waals surface area contributed by atoms with Crippen LogP contribution in [0.25, 0.3) is 16.6 Å². The molecule has 0 saturated heterocycles. The summed E-state index contributed by atoms with van der Waals surface area (Å²) in [6.07, 6.45) is -0.0580. The summed E-state index contributed by atoms with van der Waals surface area (Å²) >= 11 is 6.07. The van der Waals surface area contributed by atoms with Crippen LogP contribution in [0.15, 0.2) is 42.5 Å². The minimum atomic E-state index is -0.160. The lowest BCUT2D eigenvalue weighted by atomic mass is 9.83. The largest absolute Gasteiger partial charge is 0.507 e. The molecule has 4 rings (SSSR count). The summed E-state index contributed by atoms with van der Waals surface area (Å²) < 4.78 is 8.24. The topological polar surface area (TPSA) is 34.4 Å². The van der Waals surface area contributed by atoms with Gasteiger partial charge in [0.2, 0.25) is 0 Å². The van der Waals surface area contributed by atoms with E-state index in [4.69, 9.17) is 16.3 Å². The second-order valence-corrected chi connectivity index (χ2v) is 7.52. The molecule has 2 heterocycles. The van der Waals surface area contributed by atoms with Gasteiger partial charge >= 0.3 is 0 Å². The number of rotatable bonds is 1. The fourth-order valence-electron chi connectivity index (χ4n) is 3.76. The van der Waals surface area contributed by atoms with Crippen molar-refractivity contribution < 1.29 is 9.84 Å². The van der Waals surface area contributed by atoms with E-state index in [1.165, 1.54) is 5.69 Å². The monoisotopic (exact) mass is 341 g/mol. The molecule has 0 spiro atoms. The molecule has 1 aliphatic heterocycles. The minimum Gasteiger partial charge on any atom is -0.507 e. The highest BCUT2D eigenvalue weighted by atomic mass is 35.5. The standard InChI is InChI=1S/C20H20ClNO2/c1-12-17-18-15(5-4-6-16(18)23)22(14-9-7-13(21)8-10-14)19(17)20(2,3)11-24-12/h4-10,12,23H,11H2,1-3H3. The summed E-state index contributed by atoms with van der Waals surface area (Å²) in [7, 11) is 0. The Hall–Kier alpha value is -1.97. The Morgan fingerprint density at radius 2 is 1.88 bits per heavy atom. The summed E-state index contributed by atoms with van der Waals surface area (Å²) in [4.78, 5) is 0. The van der Waals surface area contributed by atoms with Gasteiger partial charge in [-0.05, 0) is 43.3 Å². The molecule has 24 heavy (non-hydrogen) atoms. The molecule has 0 fully saturated rings. The number of phenols is 1. The Kier molecular flexibility index (Phi) is 3.41. The number of phenolic OH excluding ortho intramolecular Hbond substituents is 1. The number of aromatic nitrogens is 1. The second-order valence-electron chi connectivity index (χ2n) is 7.08. The first-order valence-electron chi connectivity index (χ1n) is 8.14. The second kappa shape index (κ2) is 5.27. The van der Waals surface area contributed by atoms with Gasteiger partial charge in [-0.25, -0.2) is 0 Å². The zero-order chi connectivity index (χ0) is 17.1. The molecule has 0 amide bonds. The van der Waals surface area contributed by atoms with Crippen LogP contribution in [0.3, 0.4) is 0 Å². The molecule has 4 heteroatoms. The van der Waals surface area contributed by atoms with Gasteiger partial charge in [-0.3, -0.25) is 0 Å². The van der Waals surface area contributed by atoms with E-state index < -0.39 is 0 Å². The highest BCUT2D eigenvalue weighted by Gasteiger charge is 2.38. The van der Waals surface area contributed by atoms with Gasteiger partial charge in [0, 0.05) is 32.8 Å². The molecule has 1 aromatic heterocycles. The van der Waals surface area contributed by atoms with Crippen molar-refractivity contribution in [3.8, 4) is 11.4 Å². The molecule has 3 aromatic rings. The smallest absolute Gasteiger partial charge is 0.125 e. The molecule has 1 unspecified atom stereocenters. The molecule has 1 atom stereocenters. The molecule has 1 N–H and O–H groups in total. The van der Waals surface area contributed by atoms with Crippen molar-refractivity contribution in [3.63, 3.8) is 0 Å². The van der Waals surface area contributed by atoms with Gasteiger partial charge in [-0.15, -0.1) is 0 Å². The van der Waals surface area contributed by atoms with Crippen molar-refractivity contribution in [2.24, 2.45) is 0 Å². The van der Waals surface area contributed by atoms with Gasteiger partial charge in [0.05, 0.1) is 18.2 Å². The Labute approximate surface area is 146 Å². The Morgan fingerprint density at radius 3 is 2.58 bits per heavy atom. The number of aromatic hydroxyl groups is 1. The summed E-state index contributed by atoms with van der Waals surface area (Å²) in [6.45, 7) is 7.05. The van der Waals surface area contributed by atoms with Gasteiger partial charge in [-0.2, -0.15) is 0 Å². The molecule has 0 bridgehead atoms. The van der Waals surface area contributed by atoms with Crippen molar-refractivity contribution in [1.82, 2.24) is 4.57 Å². The van der Waals surface area contributed by atoms with E-state index in [0.29, 0.717) is 17.4 Å². The first-order valence-corrected chi connectivity index (χ1v) is 8.52. The molecular weight excluding hydrogens is 322 g/mol. The van der Waals surface area contributed by atoms with Crippen molar-refractivity contribution in [1.29, 1.82) is 0 Å². The Bertz CT molecular complexity index is 925. The van der Waals surface area contributed by atoms with Crippen LogP contribution >= 0.6 is 11.6 Å². The van der Waals surface area contributed by atoms with E-state index >= 15 is 0 Å². The third-order valence-corrected chi connectivity index (χ3v) is 5.09. The van der Waals surface area contributed by atoms with E-state index in [1.807, 2.05) is 43.3 Å². The third-order valence-electron chi connectivity index (χ3n) is 4.84. The average Bonchev–Trinajstić information content (AvgIpc) is 2.91. The minimum absolute atomic E-state index is 0.0580. The zero-order valence-electron chi connectivity index (χ0n) is 14.0. The Morgan fingerprint density at radius 1 is 1.17 bits per heavy atom. The summed E-state index contributed by atoms with van der Waals surface area (Å²) in [6, 6.07) is 13.5. The molecule has 0 aliphatic carbocycles. The zero-order valence-corrected chi connectivity index (χ0v) is 14.8. The summed E-state index contributed by atoms with van der Waals surface area (Å²) in [5.41, 5.74) is 4.15. The maximum atomic E-state index is 10.5. The van der Waals surface area contributed by atoms with Crippen LogP contribution in [0.2, 0.25) is 5.02 Å². The lowest BCUT2D eigenvalue weighted by molar-refractivity contribution is 0.0168. The van der Waals surface area contributed by atoms with Gasteiger partial charge in [0.25, 0.3) is 0 Å². The number of benzene rings is 2. The molecule has 2 aromatic carbocycles. The lowest BCUT2D eigenvalue weighted by Crippen LogP contribution is -2.33. The average molecular weight is 342 g/mol. The normalized spacial score (nSPS) is 19.4. The predicted octanol–water partition coefficient (Wildman–Crippen LogP) is 5.36. The summed E-state index contributed by atoms with van der Waals surface area (Å²) in [5, 5.41) is 12.1. The van der Waals surface area contributed by atoms with Gasteiger partial charge in [-0.1, -0.05) is 31.5 Å². The first-order chi connectivity index (χ1) is 11.4. The molecule has 3 nitrogen and oxygen atoms in total. The molecular formula is C20H20ClNO2. The van der Waals surface area contributed by atoms with Crippen molar-refractivity contribution >= 4 is 22.5 Å². The van der Waals surface area contributed by atoms with Crippen LogP contribution in [0.1, 0.15) is 38.1 Å². The van der Waals surface area contributed by atoms with E-state index in [0.717, 1.165) is 22.2 Å². The molecule has 124 valence electrons. The fraction of sp³-hybridized carbons (Fsp3) is 0.300. The van der Waals surface area contributed by atoms with Gasteiger partial charge < -0.3 is 14.4 Å². The van der Waals surface area contributed by atoms with Crippen molar-refractivity contribution in [3.05, 3.63) is 58.7 Å². The lowest BCUT2D eigenvalue weighted by Gasteiger charge is -2.35. The third kappa shape index (κ3) is 2.15. The van der Waals surface area contributed by atoms with E-state index in [9.17, 15) is 5.11 Å². The highest BCUT2D eigenvalue weighted by molar-refractivity contribution is 6.30. The quantitative estimate of drug-likeness (QED) is 0.646. The number of hydrogen-bond acceptors (Lipinski definition) is 2. The number of nitrogens with zero attached hydrogens (tertiary/aromatic N) is 1. The van der Waals surface area contributed by atoms with E-state index in [2.05, 4.69) is 18.4 Å². The number of hydrogen-bond donors (Lipinski definition) is 1. The van der Waals surface area contributed by atoms with Crippen LogP contribution in [-0.2, 0) is 10.2 Å². The van der Waals surface area contributed by atoms with Gasteiger partial charge in [0.1, 0.15) is 5.75 Å². The number of ether oxygens (including phenoxy) is 1. The summed E-state index contributed by atoms with van der Waals surface area (Å²) in [5.74, 6) is 0.296. The van der Waals surface area contributed by atoms with Crippen molar-refractivity contribution in [2.45, 2.75) is 32.3 Å². The maximum Gasteiger partial charge on any atom is 0.125 e. The highest BCUT2D eigenvalue weighted by Crippen LogP contribution is 2.47. The number of fused-ring (bicyclic) bond motifs is 3. The number of halogens is 1. The van der Waals surface area contributed by atoms with Crippen LogP contribution in [0.4, 0.5) is 0 Å². The molecule has 0 saturated carbocycles. The van der Waals surface area contributed by atoms with Crippen LogP contribution in [0, 0.1) is 0 Å². The van der Waals surface area contributed by atoms with Crippen LogP contribution < -0.4 is 0 Å². The predicted molar refractivity (Wildman–Crippen MR) is 97.3 cm³/mol. The van der Waals surface area contributed by atoms with Crippen LogP contribution in [0.5, 0.6) is 5.75 Å². The van der Waals surface area contributed by atoms with E-state index in [-0.39, 0.29) is 11.5 Å². The molecule has 0 radical (unpaired) electrons. The first kappa shape index (κ1) is 15.6. The molecule has 1 aliphatic rings. The SMILES string of the molecule is CC1OCC(C)(C)c2c1c1c(O)cccc1n2-c1ccc(Cl)cc1. The van der Waals surface area contributed by atoms with Crippen molar-refractivity contribution in [2.75, 3.05) is 6.61 Å². The fourth-order valence-corrected chi connectivity index (χ4v) is 3.88. The Balaban J connectivity index is 2.17. The van der Waals surface area contributed by atoms with Crippen LogP contribution in [-0.4, -0.2) is 16.3 Å². The maximum absolute atomic E-state index is 10.5. The van der Waals surface area contributed by atoms with Gasteiger partial charge in [0.15, 0.2) is 0 Å². The van der Waals surface area contributed by atoms with E-state index in [1.54, 1.807) is 6.07 Å².